The third-order valence-electron chi connectivity index (χ3n) is 2.55. The van der Waals surface area contributed by atoms with Crippen molar-refractivity contribution in [2.75, 3.05) is 0 Å². The lowest BCUT2D eigenvalue weighted by Gasteiger charge is -2.16. The molecule has 0 saturated heterocycles. The van der Waals surface area contributed by atoms with Crippen LogP contribution >= 0.6 is 11.6 Å². The highest BCUT2D eigenvalue weighted by molar-refractivity contribution is 6.32. The number of ketones is 1. The van der Waals surface area contributed by atoms with E-state index in [9.17, 15) is 4.79 Å². The van der Waals surface area contributed by atoms with Crippen molar-refractivity contribution < 1.29 is 4.79 Å². The SMILES string of the molecule is CCc1nn(C)c(CC(=O)C(C)(C)N)c1Cl. The Labute approximate surface area is 101 Å². The largest absolute Gasteiger partial charge is 0.319 e. The second kappa shape index (κ2) is 4.55. The number of hydrogen-bond donors (Lipinski definition) is 1. The predicted molar refractivity (Wildman–Crippen MR) is 64.6 cm³/mol. The van der Waals surface area contributed by atoms with E-state index in [1.807, 2.05) is 6.92 Å². The van der Waals surface area contributed by atoms with E-state index in [-0.39, 0.29) is 12.2 Å². The van der Waals surface area contributed by atoms with Crippen LogP contribution in [0.2, 0.25) is 5.02 Å². The molecule has 2 N–H and O–H groups in total. The molecular formula is C11H18ClN3O. The first-order valence-corrected chi connectivity index (χ1v) is 5.67. The number of aryl methyl sites for hydroxylation is 2. The monoisotopic (exact) mass is 243 g/mol. The van der Waals surface area contributed by atoms with Crippen molar-refractivity contribution in [3.63, 3.8) is 0 Å². The van der Waals surface area contributed by atoms with Gasteiger partial charge < -0.3 is 5.73 Å². The number of Topliss-reactive ketones (excluding diaryl/α,β-unsaturated/α-hetero) is 1. The second-order valence-corrected chi connectivity index (χ2v) is 4.88. The Bertz CT molecular complexity index is 404. The van der Waals surface area contributed by atoms with Crippen LogP contribution in [0.4, 0.5) is 0 Å². The number of rotatable bonds is 4. The van der Waals surface area contributed by atoms with Crippen molar-refractivity contribution in [3.05, 3.63) is 16.4 Å². The minimum Gasteiger partial charge on any atom is -0.319 e. The van der Waals surface area contributed by atoms with Crippen LogP contribution in [0.25, 0.3) is 0 Å². The lowest BCUT2D eigenvalue weighted by Crippen LogP contribution is -2.42. The van der Waals surface area contributed by atoms with Gasteiger partial charge in [0.25, 0.3) is 0 Å². The van der Waals surface area contributed by atoms with E-state index in [4.69, 9.17) is 17.3 Å². The Morgan fingerprint density at radius 3 is 2.50 bits per heavy atom. The molecule has 0 saturated carbocycles. The number of nitrogens with two attached hydrogens (primary N) is 1. The molecule has 0 aliphatic rings. The Hall–Kier alpha value is -0.870. The lowest BCUT2D eigenvalue weighted by atomic mass is 9.97. The molecule has 0 atom stereocenters. The quantitative estimate of drug-likeness (QED) is 0.872. The van der Waals surface area contributed by atoms with E-state index in [0.29, 0.717) is 5.02 Å². The molecule has 1 aromatic rings. The first-order valence-electron chi connectivity index (χ1n) is 5.29. The lowest BCUT2D eigenvalue weighted by molar-refractivity contribution is -0.122. The van der Waals surface area contributed by atoms with Crippen LogP contribution in [0.3, 0.4) is 0 Å². The van der Waals surface area contributed by atoms with Crippen molar-refractivity contribution in [1.29, 1.82) is 0 Å². The summed E-state index contributed by atoms with van der Waals surface area (Å²) >= 11 is 6.15. The fraction of sp³-hybridized carbons (Fsp3) is 0.636. The Balaban J connectivity index is 2.98. The molecule has 0 unspecified atom stereocenters. The zero-order chi connectivity index (χ0) is 12.5. The summed E-state index contributed by atoms with van der Waals surface area (Å²) in [6, 6.07) is 0. The van der Waals surface area contributed by atoms with Gasteiger partial charge >= 0.3 is 0 Å². The average molecular weight is 244 g/mol. The van der Waals surface area contributed by atoms with E-state index in [2.05, 4.69) is 5.10 Å². The third-order valence-corrected chi connectivity index (χ3v) is 2.99. The van der Waals surface area contributed by atoms with E-state index < -0.39 is 5.54 Å². The summed E-state index contributed by atoms with van der Waals surface area (Å²) < 4.78 is 1.66. The number of hydrogen-bond acceptors (Lipinski definition) is 3. The summed E-state index contributed by atoms with van der Waals surface area (Å²) in [4.78, 5) is 11.8. The summed E-state index contributed by atoms with van der Waals surface area (Å²) in [7, 11) is 1.79. The van der Waals surface area contributed by atoms with Crippen molar-refractivity contribution in [2.45, 2.75) is 39.2 Å². The molecule has 4 nitrogen and oxygen atoms in total. The number of aromatic nitrogens is 2. The molecule has 0 aliphatic carbocycles. The Morgan fingerprint density at radius 2 is 2.12 bits per heavy atom. The first-order chi connectivity index (χ1) is 7.27. The molecule has 0 aromatic carbocycles. The molecule has 0 fully saturated rings. The van der Waals surface area contributed by atoms with Gasteiger partial charge in [-0.1, -0.05) is 18.5 Å². The maximum atomic E-state index is 11.8. The molecule has 0 aliphatic heterocycles. The van der Waals surface area contributed by atoms with Crippen LogP contribution in [0.15, 0.2) is 0 Å². The van der Waals surface area contributed by atoms with Gasteiger partial charge in [-0.3, -0.25) is 9.48 Å². The van der Waals surface area contributed by atoms with Gasteiger partial charge in [-0.05, 0) is 20.3 Å². The van der Waals surface area contributed by atoms with Crippen LogP contribution in [0.1, 0.15) is 32.2 Å². The molecular weight excluding hydrogens is 226 g/mol. The number of carbonyl (C=O) groups is 1. The van der Waals surface area contributed by atoms with Gasteiger partial charge in [-0.25, -0.2) is 0 Å². The average Bonchev–Trinajstić information content (AvgIpc) is 2.43. The fourth-order valence-electron chi connectivity index (χ4n) is 1.39. The summed E-state index contributed by atoms with van der Waals surface area (Å²) in [5.74, 6) is -0.0416. The predicted octanol–water partition coefficient (Wildman–Crippen LogP) is 1.48. The fourth-order valence-corrected chi connectivity index (χ4v) is 1.75. The van der Waals surface area contributed by atoms with E-state index in [1.54, 1.807) is 25.6 Å². The zero-order valence-electron chi connectivity index (χ0n) is 10.2. The Morgan fingerprint density at radius 1 is 1.56 bits per heavy atom. The van der Waals surface area contributed by atoms with Crippen LogP contribution in [-0.4, -0.2) is 21.1 Å². The van der Waals surface area contributed by atoms with Gasteiger partial charge in [0, 0.05) is 7.05 Å². The zero-order valence-corrected chi connectivity index (χ0v) is 10.9. The summed E-state index contributed by atoms with van der Waals surface area (Å²) in [5, 5.41) is 4.84. The van der Waals surface area contributed by atoms with E-state index in [0.717, 1.165) is 17.8 Å². The minimum absolute atomic E-state index is 0.0416. The summed E-state index contributed by atoms with van der Waals surface area (Å²) in [6.07, 6.45) is 0.985. The van der Waals surface area contributed by atoms with Crippen LogP contribution < -0.4 is 5.73 Å². The summed E-state index contributed by atoms with van der Waals surface area (Å²) in [5.41, 5.74) is 6.47. The normalized spacial score (nSPS) is 11.9. The van der Waals surface area contributed by atoms with Crippen LogP contribution in [-0.2, 0) is 24.7 Å². The smallest absolute Gasteiger partial charge is 0.158 e. The van der Waals surface area contributed by atoms with Crippen molar-refractivity contribution in [1.82, 2.24) is 9.78 Å². The van der Waals surface area contributed by atoms with Gasteiger partial charge in [0.15, 0.2) is 5.78 Å². The van der Waals surface area contributed by atoms with Crippen LogP contribution in [0, 0.1) is 0 Å². The van der Waals surface area contributed by atoms with Gasteiger partial charge in [0.1, 0.15) is 0 Å². The number of nitrogens with zero attached hydrogens (tertiary/aromatic N) is 2. The molecule has 5 heteroatoms. The van der Waals surface area contributed by atoms with E-state index in [1.165, 1.54) is 0 Å². The molecule has 0 spiro atoms. The van der Waals surface area contributed by atoms with Crippen molar-refractivity contribution in [3.8, 4) is 0 Å². The van der Waals surface area contributed by atoms with Gasteiger partial charge in [0.05, 0.1) is 28.4 Å². The highest BCUT2D eigenvalue weighted by Crippen LogP contribution is 2.22. The van der Waals surface area contributed by atoms with Crippen molar-refractivity contribution >= 4 is 17.4 Å². The highest BCUT2D eigenvalue weighted by Gasteiger charge is 2.25. The topological polar surface area (TPSA) is 60.9 Å². The molecule has 0 bridgehead atoms. The van der Waals surface area contributed by atoms with Gasteiger partial charge in [-0.15, -0.1) is 0 Å². The number of halogens is 1. The molecule has 1 heterocycles. The molecule has 1 aromatic heterocycles. The van der Waals surface area contributed by atoms with Gasteiger partial charge in [0.2, 0.25) is 0 Å². The maximum absolute atomic E-state index is 11.8. The van der Waals surface area contributed by atoms with Gasteiger partial charge in [-0.2, -0.15) is 5.10 Å². The van der Waals surface area contributed by atoms with Crippen LogP contribution in [0.5, 0.6) is 0 Å². The van der Waals surface area contributed by atoms with E-state index >= 15 is 0 Å². The summed E-state index contributed by atoms with van der Waals surface area (Å²) in [6.45, 7) is 5.37. The third kappa shape index (κ3) is 2.62. The highest BCUT2D eigenvalue weighted by atomic mass is 35.5. The molecule has 90 valence electrons. The molecule has 16 heavy (non-hydrogen) atoms. The standard InChI is InChI=1S/C11H18ClN3O/c1-5-7-10(12)8(15(4)14-7)6-9(16)11(2,3)13/h5-6,13H2,1-4H3. The second-order valence-electron chi connectivity index (χ2n) is 4.51. The van der Waals surface area contributed by atoms with Crippen molar-refractivity contribution in [2.24, 2.45) is 12.8 Å². The Kier molecular flexibility index (Phi) is 3.76. The first kappa shape index (κ1) is 13.2. The molecule has 1 rings (SSSR count). The molecule has 0 radical (unpaired) electrons. The maximum Gasteiger partial charge on any atom is 0.158 e. The minimum atomic E-state index is -0.833. The molecule has 0 amide bonds. The number of carbonyl (C=O) groups excluding carboxylic acids is 1.